The highest BCUT2D eigenvalue weighted by Crippen LogP contribution is 2.35. The molecule has 0 N–H and O–H groups in total. The Morgan fingerprint density at radius 2 is 1.95 bits per heavy atom. The second-order valence-corrected chi connectivity index (χ2v) is 6.38. The van der Waals surface area contributed by atoms with Gasteiger partial charge in [0, 0.05) is 10.7 Å². The van der Waals surface area contributed by atoms with Crippen LogP contribution in [0.15, 0.2) is 47.1 Å². The maximum Gasteiger partial charge on any atom is 0.256 e. The summed E-state index contributed by atoms with van der Waals surface area (Å²) in [5, 5.41) is 0. The molecule has 0 unspecified atom stereocenters. The average molecular weight is 331 g/mol. The van der Waals surface area contributed by atoms with Gasteiger partial charge < -0.3 is 4.90 Å². The fraction of sp³-hybridized carbons (Fsp3) is 0.250. The third kappa shape index (κ3) is 2.04. The van der Waals surface area contributed by atoms with Gasteiger partial charge in [0.2, 0.25) is 0 Å². The number of rotatable bonds is 2. The summed E-state index contributed by atoms with van der Waals surface area (Å²) in [5.41, 5.74) is 2.32. The zero-order valence-corrected chi connectivity index (χ0v) is 13.0. The van der Waals surface area contributed by atoms with Gasteiger partial charge in [-0.25, -0.2) is 0 Å². The Kier molecular flexibility index (Phi) is 3.13. The summed E-state index contributed by atoms with van der Waals surface area (Å²) >= 11 is 3.37. The zero-order chi connectivity index (χ0) is 14.3. The van der Waals surface area contributed by atoms with Gasteiger partial charge in [-0.3, -0.25) is 9.78 Å². The van der Waals surface area contributed by atoms with Gasteiger partial charge in [0.1, 0.15) is 0 Å². The van der Waals surface area contributed by atoms with Crippen LogP contribution < -0.4 is 0 Å². The van der Waals surface area contributed by atoms with E-state index in [-0.39, 0.29) is 11.4 Å². The Balaban J connectivity index is 2.00. The molecular weight excluding hydrogens is 316 g/mol. The second-order valence-electron chi connectivity index (χ2n) is 5.46. The van der Waals surface area contributed by atoms with Gasteiger partial charge in [-0.1, -0.05) is 30.3 Å². The Morgan fingerprint density at radius 3 is 2.65 bits per heavy atom. The van der Waals surface area contributed by atoms with Crippen molar-refractivity contribution in [3.05, 3.63) is 63.9 Å². The third-order valence-corrected chi connectivity index (χ3v) is 4.31. The third-order valence-electron chi connectivity index (χ3n) is 3.88. The van der Waals surface area contributed by atoms with Crippen molar-refractivity contribution in [2.75, 3.05) is 0 Å². The molecule has 1 aromatic heterocycles. The van der Waals surface area contributed by atoms with Crippen molar-refractivity contribution in [2.24, 2.45) is 0 Å². The summed E-state index contributed by atoms with van der Waals surface area (Å²) in [6.07, 6.45) is 1.74. The molecule has 2 heterocycles. The number of carbonyl (C=O) groups is 1. The number of hydrogen-bond donors (Lipinski definition) is 0. The molecule has 0 radical (unpaired) electrons. The molecule has 0 fully saturated rings. The largest absolute Gasteiger partial charge is 0.323 e. The first-order valence-corrected chi connectivity index (χ1v) is 7.31. The first-order valence-electron chi connectivity index (χ1n) is 6.52. The van der Waals surface area contributed by atoms with E-state index in [2.05, 4.69) is 46.9 Å². The number of carbonyl (C=O) groups excluding carboxylic acids is 1. The monoisotopic (exact) mass is 330 g/mol. The molecule has 0 saturated heterocycles. The highest BCUT2D eigenvalue weighted by atomic mass is 79.9. The van der Waals surface area contributed by atoms with E-state index < -0.39 is 0 Å². The lowest BCUT2D eigenvalue weighted by molar-refractivity contribution is 0.0566. The lowest BCUT2D eigenvalue weighted by Crippen LogP contribution is -2.41. The number of amides is 1. The van der Waals surface area contributed by atoms with Crippen molar-refractivity contribution in [1.29, 1.82) is 0 Å². The van der Waals surface area contributed by atoms with E-state index >= 15 is 0 Å². The van der Waals surface area contributed by atoms with E-state index in [1.807, 2.05) is 29.2 Å². The minimum absolute atomic E-state index is 0.0441. The Hall–Kier alpha value is -1.68. The van der Waals surface area contributed by atoms with E-state index in [9.17, 15) is 4.79 Å². The first kappa shape index (κ1) is 13.3. The molecule has 1 aliphatic rings. The van der Waals surface area contributed by atoms with E-state index in [4.69, 9.17) is 0 Å². The number of fused-ring (bicyclic) bond motifs is 1. The Bertz CT molecular complexity index is 667. The van der Waals surface area contributed by atoms with Crippen molar-refractivity contribution in [3.63, 3.8) is 0 Å². The molecular formula is C16H15BrN2O. The molecule has 1 aliphatic heterocycles. The molecule has 0 spiro atoms. The van der Waals surface area contributed by atoms with Crippen LogP contribution in [0, 0.1) is 0 Å². The number of hydrogen-bond acceptors (Lipinski definition) is 2. The van der Waals surface area contributed by atoms with E-state index in [0.29, 0.717) is 12.1 Å². The lowest BCUT2D eigenvalue weighted by Gasteiger charge is -2.35. The molecule has 3 nitrogen and oxygen atoms in total. The van der Waals surface area contributed by atoms with E-state index in [1.165, 1.54) is 0 Å². The van der Waals surface area contributed by atoms with Crippen molar-refractivity contribution < 1.29 is 4.79 Å². The molecule has 0 atom stereocenters. The topological polar surface area (TPSA) is 33.2 Å². The van der Waals surface area contributed by atoms with Gasteiger partial charge in [-0.15, -0.1) is 0 Å². The van der Waals surface area contributed by atoms with Crippen LogP contribution in [-0.2, 0) is 12.1 Å². The Morgan fingerprint density at radius 1 is 1.25 bits per heavy atom. The molecule has 102 valence electrons. The normalized spacial score (nSPS) is 14.6. The maximum absolute atomic E-state index is 12.6. The van der Waals surface area contributed by atoms with Crippen molar-refractivity contribution in [2.45, 2.75) is 25.9 Å². The first-order chi connectivity index (χ1) is 9.50. The number of pyridine rings is 1. The lowest BCUT2D eigenvalue weighted by atomic mass is 9.92. The molecule has 1 aromatic carbocycles. The Labute approximate surface area is 126 Å². The summed E-state index contributed by atoms with van der Waals surface area (Å²) in [4.78, 5) is 18.9. The molecule has 2 aromatic rings. The van der Waals surface area contributed by atoms with Gasteiger partial charge in [-0.2, -0.15) is 0 Å². The fourth-order valence-electron chi connectivity index (χ4n) is 2.60. The molecule has 3 rings (SSSR count). The maximum atomic E-state index is 12.6. The van der Waals surface area contributed by atoms with Gasteiger partial charge in [0.05, 0.1) is 23.3 Å². The second kappa shape index (κ2) is 4.70. The predicted octanol–water partition coefficient (Wildman–Crippen LogP) is 3.74. The highest BCUT2D eigenvalue weighted by Gasteiger charge is 2.39. The number of halogens is 1. The van der Waals surface area contributed by atoms with Gasteiger partial charge >= 0.3 is 0 Å². The fourth-order valence-corrected chi connectivity index (χ4v) is 2.93. The van der Waals surface area contributed by atoms with Crippen LogP contribution in [0.2, 0.25) is 0 Å². The molecule has 0 saturated carbocycles. The van der Waals surface area contributed by atoms with Crippen LogP contribution in [0.5, 0.6) is 0 Å². The zero-order valence-electron chi connectivity index (χ0n) is 11.4. The van der Waals surface area contributed by atoms with Gasteiger partial charge in [0.25, 0.3) is 5.91 Å². The summed E-state index contributed by atoms with van der Waals surface area (Å²) in [7, 11) is 0. The minimum Gasteiger partial charge on any atom is -0.323 e. The summed E-state index contributed by atoms with van der Waals surface area (Å²) in [6.45, 7) is 4.70. The minimum atomic E-state index is -0.356. The van der Waals surface area contributed by atoms with Crippen LogP contribution in [0.3, 0.4) is 0 Å². The SMILES string of the molecule is CC(C)(c1ccccc1)N1Cc2ncc(Br)cc2C1=O. The molecule has 1 amide bonds. The number of benzene rings is 1. The van der Waals surface area contributed by atoms with E-state index in [1.54, 1.807) is 6.20 Å². The van der Waals surface area contributed by atoms with Crippen molar-refractivity contribution in [1.82, 2.24) is 9.88 Å². The number of nitrogens with zero attached hydrogens (tertiary/aromatic N) is 2. The van der Waals surface area contributed by atoms with Crippen LogP contribution in [-0.4, -0.2) is 15.8 Å². The number of aromatic nitrogens is 1. The molecule has 0 bridgehead atoms. The smallest absolute Gasteiger partial charge is 0.256 e. The van der Waals surface area contributed by atoms with Crippen LogP contribution >= 0.6 is 15.9 Å². The molecule has 0 aliphatic carbocycles. The van der Waals surface area contributed by atoms with Crippen molar-refractivity contribution in [3.8, 4) is 0 Å². The summed E-state index contributed by atoms with van der Waals surface area (Å²) < 4.78 is 0.837. The predicted molar refractivity (Wildman–Crippen MR) is 81.3 cm³/mol. The van der Waals surface area contributed by atoms with Crippen LogP contribution in [0.4, 0.5) is 0 Å². The summed E-state index contributed by atoms with van der Waals surface area (Å²) in [6, 6.07) is 11.9. The average Bonchev–Trinajstić information content (AvgIpc) is 2.78. The van der Waals surface area contributed by atoms with Gasteiger partial charge in [0.15, 0.2) is 0 Å². The van der Waals surface area contributed by atoms with Gasteiger partial charge in [-0.05, 0) is 41.4 Å². The standard InChI is InChI=1S/C16H15BrN2O/c1-16(2,11-6-4-3-5-7-11)19-10-14-13(15(19)20)8-12(17)9-18-14/h3-9H,10H2,1-2H3. The molecule has 20 heavy (non-hydrogen) atoms. The summed E-state index contributed by atoms with van der Waals surface area (Å²) in [5.74, 6) is 0.0441. The highest BCUT2D eigenvalue weighted by molar-refractivity contribution is 9.10. The van der Waals surface area contributed by atoms with Crippen LogP contribution in [0.25, 0.3) is 0 Å². The van der Waals surface area contributed by atoms with Crippen molar-refractivity contribution >= 4 is 21.8 Å². The van der Waals surface area contributed by atoms with E-state index in [0.717, 1.165) is 15.7 Å². The quantitative estimate of drug-likeness (QED) is 0.840. The molecule has 4 heteroatoms. The van der Waals surface area contributed by atoms with Crippen LogP contribution in [0.1, 0.15) is 35.5 Å².